The fourth-order valence-corrected chi connectivity index (χ4v) is 4.71. The van der Waals surface area contributed by atoms with Crippen molar-refractivity contribution in [2.24, 2.45) is 5.92 Å². The number of pyridine rings is 1. The lowest BCUT2D eigenvalue weighted by Crippen LogP contribution is -2.37. The third-order valence-electron chi connectivity index (χ3n) is 4.45. The molecule has 1 fully saturated rings. The Morgan fingerprint density at radius 1 is 1.16 bits per heavy atom. The van der Waals surface area contributed by atoms with Crippen molar-refractivity contribution in [3.05, 3.63) is 17.8 Å². The molecular weight excluding hydrogens is 340 g/mol. The van der Waals surface area contributed by atoms with E-state index in [1.807, 2.05) is 37.8 Å². The molecule has 0 N–H and O–H groups in total. The van der Waals surface area contributed by atoms with Gasteiger partial charge in [0.05, 0.1) is 5.75 Å². The van der Waals surface area contributed by atoms with Crippen LogP contribution >= 0.6 is 0 Å². The summed E-state index contributed by atoms with van der Waals surface area (Å²) < 4.78 is 32.5. The van der Waals surface area contributed by atoms with Crippen LogP contribution in [0.3, 0.4) is 0 Å². The number of sulfonamides is 1. The molecule has 0 amide bonds. The van der Waals surface area contributed by atoms with E-state index in [9.17, 15) is 8.42 Å². The molecule has 3 heterocycles. The summed E-state index contributed by atoms with van der Waals surface area (Å²) in [6.45, 7) is 8.32. The van der Waals surface area contributed by atoms with Crippen LogP contribution in [0, 0.1) is 12.8 Å². The minimum absolute atomic E-state index is 0.219. The van der Waals surface area contributed by atoms with Gasteiger partial charge < -0.3 is 9.32 Å². The normalized spacial score (nSPS) is 17.4. The summed E-state index contributed by atoms with van der Waals surface area (Å²) in [7, 11) is -3.19. The van der Waals surface area contributed by atoms with Crippen LogP contribution < -0.4 is 4.90 Å². The molecule has 2 aromatic heterocycles. The fraction of sp³-hybridized carbons (Fsp3) is 0.647. The first-order chi connectivity index (χ1) is 11.8. The molecule has 0 aliphatic carbocycles. The van der Waals surface area contributed by atoms with E-state index in [1.165, 1.54) is 0 Å². The molecule has 25 heavy (non-hydrogen) atoms. The molecule has 0 spiro atoms. The van der Waals surface area contributed by atoms with Gasteiger partial charge in [0.1, 0.15) is 0 Å². The molecule has 7 nitrogen and oxygen atoms in total. The molecular formula is C17H26N4O3S. The van der Waals surface area contributed by atoms with E-state index >= 15 is 0 Å². The van der Waals surface area contributed by atoms with Crippen LogP contribution in [-0.4, -0.2) is 54.6 Å². The van der Waals surface area contributed by atoms with Gasteiger partial charge in [0.25, 0.3) is 6.01 Å². The van der Waals surface area contributed by atoms with Crippen molar-refractivity contribution in [1.82, 2.24) is 14.3 Å². The van der Waals surface area contributed by atoms with Gasteiger partial charge in [-0.2, -0.15) is 4.98 Å². The maximum atomic E-state index is 12.5. The van der Waals surface area contributed by atoms with Crippen molar-refractivity contribution in [2.75, 3.05) is 36.8 Å². The third-order valence-corrected chi connectivity index (χ3v) is 6.36. The lowest BCUT2D eigenvalue weighted by atomic mass is 10.2. The standard InChI is InChI=1S/C17H26N4O3S/c1-13(2)7-12-25(22,23)21-9-4-8-20(10-11-21)17-19-16-15(24-17)6-5-14(3)18-16/h5-6,13H,4,7-12H2,1-3H3. The first-order valence-corrected chi connectivity index (χ1v) is 10.4. The minimum atomic E-state index is -3.19. The molecule has 0 atom stereocenters. The number of aryl methyl sites for hydroxylation is 1. The van der Waals surface area contributed by atoms with E-state index in [2.05, 4.69) is 9.97 Å². The van der Waals surface area contributed by atoms with Crippen molar-refractivity contribution < 1.29 is 12.8 Å². The highest BCUT2D eigenvalue weighted by atomic mass is 32.2. The number of rotatable bonds is 5. The molecule has 0 aromatic carbocycles. The summed E-state index contributed by atoms with van der Waals surface area (Å²) in [6.07, 6.45) is 1.45. The molecule has 0 bridgehead atoms. The van der Waals surface area contributed by atoms with Crippen LogP contribution in [0.1, 0.15) is 32.4 Å². The number of nitrogens with zero attached hydrogens (tertiary/aromatic N) is 4. The Labute approximate surface area is 149 Å². The van der Waals surface area contributed by atoms with Gasteiger partial charge in [-0.3, -0.25) is 0 Å². The number of aromatic nitrogens is 2. The van der Waals surface area contributed by atoms with Crippen molar-refractivity contribution in [3.8, 4) is 0 Å². The third kappa shape index (κ3) is 4.30. The average molecular weight is 366 g/mol. The zero-order valence-corrected chi connectivity index (χ0v) is 15.9. The summed E-state index contributed by atoms with van der Waals surface area (Å²) in [5, 5.41) is 0. The maximum absolute atomic E-state index is 12.5. The van der Waals surface area contributed by atoms with Crippen LogP contribution in [-0.2, 0) is 10.0 Å². The van der Waals surface area contributed by atoms with Gasteiger partial charge in [0.15, 0.2) is 5.58 Å². The second-order valence-electron chi connectivity index (χ2n) is 7.01. The smallest absolute Gasteiger partial charge is 0.299 e. The fourth-order valence-electron chi connectivity index (χ4n) is 2.91. The lowest BCUT2D eigenvalue weighted by molar-refractivity contribution is 0.428. The second kappa shape index (κ2) is 7.29. The molecule has 0 saturated carbocycles. The Morgan fingerprint density at radius 3 is 2.72 bits per heavy atom. The highest BCUT2D eigenvalue weighted by molar-refractivity contribution is 7.89. The first-order valence-electron chi connectivity index (χ1n) is 8.82. The number of hydrogen-bond acceptors (Lipinski definition) is 6. The molecule has 1 aliphatic heterocycles. The molecule has 1 aliphatic rings. The highest BCUT2D eigenvalue weighted by Gasteiger charge is 2.26. The predicted octanol–water partition coefficient (Wildman–Crippen LogP) is 2.42. The Balaban J connectivity index is 1.70. The van der Waals surface area contributed by atoms with Gasteiger partial charge in [-0.25, -0.2) is 17.7 Å². The number of oxazole rings is 1. The van der Waals surface area contributed by atoms with E-state index in [1.54, 1.807) is 4.31 Å². The summed E-state index contributed by atoms with van der Waals surface area (Å²) in [5.74, 6) is 0.602. The first kappa shape index (κ1) is 18.1. The molecule has 3 rings (SSSR count). The van der Waals surface area contributed by atoms with Gasteiger partial charge in [0.2, 0.25) is 15.7 Å². The molecule has 8 heteroatoms. The second-order valence-corrected chi connectivity index (χ2v) is 9.10. The van der Waals surface area contributed by atoms with E-state index in [0.717, 1.165) is 18.7 Å². The lowest BCUT2D eigenvalue weighted by Gasteiger charge is -2.21. The molecule has 0 unspecified atom stereocenters. The van der Waals surface area contributed by atoms with E-state index in [-0.39, 0.29) is 5.75 Å². The quantitative estimate of drug-likeness (QED) is 0.808. The van der Waals surface area contributed by atoms with Gasteiger partial charge in [-0.1, -0.05) is 13.8 Å². The van der Waals surface area contributed by atoms with Crippen LogP contribution in [0.25, 0.3) is 11.2 Å². The van der Waals surface area contributed by atoms with Crippen molar-refractivity contribution in [2.45, 2.75) is 33.6 Å². The minimum Gasteiger partial charge on any atom is -0.422 e. The molecule has 0 radical (unpaired) electrons. The van der Waals surface area contributed by atoms with Crippen LogP contribution in [0.15, 0.2) is 16.5 Å². The molecule has 2 aromatic rings. The van der Waals surface area contributed by atoms with E-state index < -0.39 is 10.0 Å². The Morgan fingerprint density at radius 2 is 1.96 bits per heavy atom. The number of hydrogen-bond donors (Lipinski definition) is 0. The average Bonchev–Trinajstić information content (AvgIpc) is 2.80. The van der Waals surface area contributed by atoms with Crippen LogP contribution in [0.2, 0.25) is 0 Å². The Bertz CT molecular complexity index is 832. The number of fused-ring (bicyclic) bond motifs is 1. The van der Waals surface area contributed by atoms with Crippen LogP contribution in [0.4, 0.5) is 6.01 Å². The number of anilines is 1. The predicted molar refractivity (Wildman–Crippen MR) is 98.2 cm³/mol. The summed E-state index contributed by atoms with van der Waals surface area (Å²) in [4.78, 5) is 10.8. The zero-order valence-electron chi connectivity index (χ0n) is 15.1. The Kier molecular flexibility index (Phi) is 5.29. The monoisotopic (exact) mass is 366 g/mol. The largest absolute Gasteiger partial charge is 0.422 e. The topological polar surface area (TPSA) is 79.5 Å². The van der Waals surface area contributed by atoms with Gasteiger partial charge >= 0.3 is 0 Å². The van der Waals surface area contributed by atoms with Crippen molar-refractivity contribution >= 4 is 27.3 Å². The van der Waals surface area contributed by atoms with Gasteiger partial charge in [-0.15, -0.1) is 0 Å². The summed E-state index contributed by atoms with van der Waals surface area (Å²) in [5.41, 5.74) is 2.15. The van der Waals surface area contributed by atoms with Crippen LogP contribution in [0.5, 0.6) is 0 Å². The van der Waals surface area contributed by atoms with E-state index in [0.29, 0.717) is 49.2 Å². The van der Waals surface area contributed by atoms with Gasteiger partial charge in [0, 0.05) is 31.9 Å². The zero-order chi connectivity index (χ0) is 18.0. The summed E-state index contributed by atoms with van der Waals surface area (Å²) >= 11 is 0. The highest BCUT2D eigenvalue weighted by Crippen LogP contribution is 2.22. The maximum Gasteiger partial charge on any atom is 0.299 e. The van der Waals surface area contributed by atoms with Crippen molar-refractivity contribution in [1.29, 1.82) is 0 Å². The molecule has 1 saturated heterocycles. The SMILES string of the molecule is Cc1ccc2oc(N3CCCN(S(=O)(=O)CCC(C)C)CC3)nc2n1. The summed E-state index contributed by atoms with van der Waals surface area (Å²) in [6, 6.07) is 4.28. The molecule has 138 valence electrons. The van der Waals surface area contributed by atoms with Crippen molar-refractivity contribution in [3.63, 3.8) is 0 Å². The Hall–Kier alpha value is -1.67. The van der Waals surface area contributed by atoms with E-state index in [4.69, 9.17) is 4.42 Å². The van der Waals surface area contributed by atoms with Gasteiger partial charge in [-0.05, 0) is 37.8 Å².